The van der Waals surface area contributed by atoms with Gasteiger partial charge in [-0.2, -0.15) is 0 Å². The number of aromatic nitrogens is 2. The molecule has 152 valence electrons. The third-order valence-electron chi connectivity index (χ3n) is 6.36. The second kappa shape index (κ2) is 8.55. The molecule has 1 aromatic heterocycles. The van der Waals surface area contributed by atoms with E-state index in [1.165, 1.54) is 25.7 Å². The van der Waals surface area contributed by atoms with Crippen LogP contribution in [-0.2, 0) is 22.6 Å². The van der Waals surface area contributed by atoms with Gasteiger partial charge in [0.25, 0.3) is 0 Å². The topological polar surface area (TPSA) is 69.6 Å². The Morgan fingerprint density at radius 2 is 1.86 bits per heavy atom. The first kappa shape index (κ1) is 19.3. The Hall–Kier alpha value is -2.02. The largest absolute Gasteiger partial charge is 0.342 e. The van der Waals surface area contributed by atoms with Gasteiger partial charge in [-0.3, -0.25) is 14.5 Å². The number of amides is 2. The van der Waals surface area contributed by atoms with Gasteiger partial charge in [-0.1, -0.05) is 12.8 Å². The number of carbonyl (C=O) groups is 2. The van der Waals surface area contributed by atoms with Gasteiger partial charge in [0.05, 0.1) is 12.2 Å². The van der Waals surface area contributed by atoms with Crippen molar-refractivity contribution in [2.75, 3.05) is 39.3 Å². The highest BCUT2D eigenvalue weighted by Gasteiger charge is 2.29. The number of fused-ring (bicyclic) bond motifs is 1. The molecule has 2 amide bonds. The highest BCUT2D eigenvalue weighted by atomic mass is 16.2. The molecule has 2 fully saturated rings. The molecular formula is C21H31N5O2. The Balaban J connectivity index is 1.36. The van der Waals surface area contributed by atoms with Crippen LogP contribution in [0.25, 0.3) is 0 Å². The fourth-order valence-corrected chi connectivity index (χ4v) is 4.58. The minimum Gasteiger partial charge on any atom is -0.342 e. The molecule has 0 unspecified atom stereocenters. The Morgan fingerprint density at radius 3 is 2.57 bits per heavy atom. The molecule has 3 aliphatic heterocycles. The highest BCUT2D eigenvalue weighted by Crippen LogP contribution is 2.26. The van der Waals surface area contributed by atoms with Crippen LogP contribution < -0.4 is 0 Å². The molecule has 0 bridgehead atoms. The van der Waals surface area contributed by atoms with E-state index in [2.05, 4.69) is 9.88 Å². The van der Waals surface area contributed by atoms with Gasteiger partial charge in [0.1, 0.15) is 5.82 Å². The van der Waals surface area contributed by atoms with Crippen molar-refractivity contribution < 1.29 is 9.59 Å². The summed E-state index contributed by atoms with van der Waals surface area (Å²) in [6.07, 6.45) is 8.60. The normalized spacial score (nSPS) is 23.4. The fraction of sp³-hybridized carbons (Fsp3) is 0.714. The minimum absolute atomic E-state index is 0.124. The van der Waals surface area contributed by atoms with E-state index in [0.29, 0.717) is 19.6 Å². The van der Waals surface area contributed by atoms with Crippen LogP contribution in [0.15, 0.2) is 6.20 Å². The first-order chi connectivity index (χ1) is 13.6. The zero-order valence-electron chi connectivity index (χ0n) is 16.9. The summed E-state index contributed by atoms with van der Waals surface area (Å²) in [7, 11) is 0. The van der Waals surface area contributed by atoms with Gasteiger partial charge < -0.3 is 9.80 Å². The predicted molar refractivity (Wildman–Crippen MR) is 106 cm³/mol. The maximum Gasteiger partial charge on any atom is 0.237 e. The molecule has 2 saturated heterocycles. The molecule has 1 atom stereocenters. The molecule has 0 radical (unpaired) electrons. The van der Waals surface area contributed by atoms with E-state index in [-0.39, 0.29) is 17.7 Å². The summed E-state index contributed by atoms with van der Waals surface area (Å²) in [6.45, 7) is 7.11. The average Bonchev–Trinajstić information content (AvgIpc) is 3.07. The van der Waals surface area contributed by atoms with Crippen LogP contribution in [-0.4, -0.2) is 75.8 Å². The van der Waals surface area contributed by atoms with Gasteiger partial charge in [-0.15, -0.1) is 0 Å². The van der Waals surface area contributed by atoms with Crippen molar-refractivity contribution in [1.82, 2.24) is 24.7 Å². The number of carbonyl (C=O) groups excluding carboxylic acids is 2. The van der Waals surface area contributed by atoms with Crippen molar-refractivity contribution >= 4 is 11.8 Å². The summed E-state index contributed by atoms with van der Waals surface area (Å²) in [4.78, 5) is 39.9. The van der Waals surface area contributed by atoms with E-state index in [4.69, 9.17) is 4.98 Å². The van der Waals surface area contributed by atoms with Crippen molar-refractivity contribution in [3.05, 3.63) is 23.3 Å². The van der Waals surface area contributed by atoms with E-state index in [9.17, 15) is 9.59 Å². The molecule has 7 nitrogen and oxygen atoms in total. The van der Waals surface area contributed by atoms with Gasteiger partial charge in [0.15, 0.2) is 0 Å². The Morgan fingerprint density at radius 1 is 1.07 bits per heavy atom. The first-order valence-electron chi connectivity index (χ1n) is 10.7. The zero-order chi connectivity index (χ0) is 19.5. The van der Waals surface area contributed by atoms with Crippen molar-refractivity contribution in [2.45, 2.75) is 57.9 Å². The lowest BCUT2D eigenvalue weighted by Gasteiger charge is -2.30. The molecule has 0 saturated carbocycles. The number of hydrogen-bond donors (Lipinski definition) is 0. The lowest BCUT2D eigenvalue weighted by molar-refractivity contribution is -0.133. The van der Waals surface area contributed by atoms with Crippen molar-refractivity contribution in [3.8, 4) is 0 Å². The summed E-state index contributed by atoms with van der Waals surface area (Å²) < 4.78 is 0. The standard InChI is InChI=1S/C21H31N5O2/c1-16(27)25-10-6-17(13-25)21-22-12-18-14-26(11-7-19(18)23-21)20(28)15-24-8-4-2-3-5-9-24/h12,17H,2-11,13-15H2,1H3/t17-/m1/s1. The number of hydrogen-bond acceptors (Lipinski definition) is 5. The summed E-state index contributed by atoms with van der Waals surface area (Å²) in [5.74, 6) is 1.44. The molecule has 0 spiro atoms. The SMILES string of the molecule is CC(=O)N1CC[C@@H](c2ncc3c(n2)CCN(C(=O)CN2CCCCCC2)C3)C1. The van der Waals surface area contributed by atoms with Crippen LogP contribution in [0.1, 0.15) is 62.0 Å². The lowest BCUT2D eigenvalue weighted by Crippen LogP contribution is -2.43. The lowest BCUT2D eigenvalue weighted by atomic mass is 10.0. The number of rotatable bonds is 3. The molecule has 0 aromatic carbocycles. The predicted octanol–water partition coefficient (Wildman–Crippen LogP) is 1.57. The number of likely N-dealkylation sites (tertiary alicyclic amines) is 2. The molecule has 3 aliphatic rings. The molecule has 28 heavy (non-hydrogen) atoms. The van der Waals surface area contributed by atoms with E-state index in [0.717, 1.165) is 56.1 Å². The van der Waals surface area contributed by atoms with Crippen LogP contribution >= 0.6 is 0 Å². The Bertz CT molecular complexity index is 730. The van der Waals surface area contributed by atoms with Crippen LogP contribution in [0.5, 0.6) is 0 Å². The molecule has 1 aromatic rings. The molecule has 0 N–H and O–H groups in total. The fourth-order valence-electron chi connectivity index (χ4n) is 4.58. The van der Waals surface area contributed by atoms with E-state index < -0.39 is 0 Å². The van der Waals surface area contributed by atoms with Gasteiger partial charge in [-0.25, -0.2) is 9.97 Å². The summed E-state index contributed by atoms with van der Waals surface area (Å²) in [5.41, 5.74) is 2.14. The highest BCUT2D eigenvalue weighted by molar-refractivity contribution is 5.78. The maximum absolute atomic E-state index is 12.8. The molecule has 0 aliphatic carbocycles. The van der Waals surface area contributed by atoms with Crippen molar-refractivity contribution in [2.24, 2.45) is 0 Å². The maximum atomic E-state index is 12.8. The first-order valence-corrected chi connectivity index (χ1v) is 10.7. The van der Waals surface area contributed by atoms with Crippen molar-refractivity contribution in [1.29, 1.82) is 0 Å². The zero-order valence-corrected chi connectivity index (χ0v) is 16.9. The minimum atomic E-state index is 0.124. The molecule has 7 heteroatoms. The summed E-state index contributed by atoms with van der Waals surface area (Å²) in [6, 6.07) is 0. The van der Waals surface area contributed by atoms with E-state index in [1.54, 1.807) is 6.92 Å². The molecule has 4 rings (SSSR count). The molecule has 4 heterocycles. The van der Waals surface area contributed by atoms with E-state index >= 15 is 0 Å². The van der Waals surface area contributed by atoms with Crippen LogP contribution in [0, 0.1) is 0 Å². The third kappa shape index (κ3) is 4.35. The smallest absolute Gasteiger partial charge is 0.237 e. The monoisotopic (exact) mass is 385 g/mol. The average molecular weight is 386 g/mol. The second-order valence-electron chi connectivity index (χ2n) is 8.41. The van der Waals surface area contributed by atoms with Gasteiger partial charge >= 0.3 is 0 Å². The van der Waals surface area contributed by atoms with Gasteiger partial charge in [0, 0.05) is 57.2 Å². The van der Waals surface area contributed by atoms with Gasteiger partial charge in [0.2, 0.25) is 11.8 Å². The van der Waals surface area contributed by atoms with Crippen LogP contribution in [0.4, 0.5) is 0 Å². The van der Waals surface area contributed by atoms with Crippen LogP contribution in [0.3, 0.4) is 0 Å². The van der Waals surface area contributed by atoms with Gasteiger partial charge in [-0.05, 0) is 32.4 Å². The number of nitrogens with zero attached hydrogens (tertiary/aromatic N) is 5. The van der Waals surface area contributed by atoms with Crippen molar-refractivity contribution in [3.63, 3.8) is 0 Å². The summed E-state index contributed by atoms with van der Waals surface area (Å²) in [5, 5.41) is 0. The van der Waals surface area contributed by atoms with Crippen LogP contribution in [0.2, 0.25) is 0 Å². The molecular weight excluding hydrogens is 354 g/mol. The Labute approximate surface area is 167 Å². The Kier molecular flexibility index (Phi) is 5.90. The van der Waals surface area contributed by atoms with E-state index in [1.807, 2.05) is 16.0 Å². The third-order valence-corrected chi connectivity index (χ3v) is 6.36. The second-order valence-corrected chi connectivity index (χ2v) is 8.41. The summed E-state index contributed by atoms with van der Waals surface area (Å²) >= 11 is 0. The quantitative estimate of drug-likeness (QED) is 0.790.